The minimum absolute atomic E-state index is 0.434. The zero-order valence-corrected chi connectivity index (χ0v) is 11.0. The van der Waals surface area contributed by atoms with Gasteiger partial charge in [0.15, 0.2) is 0 Å². The van der Waals surface area contributed by atoms with Crippen molar-refractivity contribution < 1.29 is 4.74 Å². The number of benzene rings is 1. The summed E-state index contributed by atoms with van der Waals surface area (Å²) >= 11 is 0. The van der Waals surface area contributed by atoms with Crippen LogP contribution in [0.25, 0.3) is 0 Å². The van der Waals surface area contributed by atoms with Crippen LogP contribution in [0.2, 0.25) is 0 Å². The van der Waals surface area contributed by atoms with Crippen LogP contribution in [0.4, 0.5) is 0 Å². The van der Waals surface area contributed by atoms with Gasteiger partial charge in [-0.05, 0) is 43.6 Å². The predicted octanol–water partition coefficient (Wildman–Crippen LogP) is 3.30. The molecule has 18 heavy (non-hydrogen) atoms. The molecule has 1 aromatic carbocycles. The highest BCUT2D eigenvalue weighted by Gasteiger charge is 2.32. The van der Waals surface area contributed by atoms with E-state index in [1.807, 2.05) is 0 Å². The van der Waals surface area contributed by atoms with Gasteiger partial charge in [0.1, 0.15) is 0 Å². The summed E-state index contributed by atoms with van der Waals surface area (Å²) in [7, 11) is 0. The Kier molecular flexibility index (Phi) is 3.96. The minimum Gasteiger partial charge on any atom is -0.377 e. The maximum absolute atomic E-state index is 5.80. The van der Waals surface area contributed by atoms with E-state index in [-0.39, 0.29) is 0 Å². The molecule has 0 unspecified atom stereocenters. The van der Waals surface area contributed by atoms with E-state index < -0.39 is 0 Å². The SMILES string of the molecule is c1ccc([C@@H](NC[C@@H]2CCCCO2)C2CC2)cc1. The van der Waals surface area contributed by atoms with Gasteiger partial charge in [-0.3, -0.25) is 0 Å². The third-order valence-corrected chi connectivity index (χ3v) is 4.09. The number of hydrogen-bond donors (Lipinski definition) is 1. The smallest absolute Gasteiger partial charge is 0.0699 e. The third-order valence-electron chi connectivity index (χ3n) is 4.09. The van der Waals surface area contributed by atoms with Crippen molar-refractivity contribution in [3.63, 3.8) is 0 Å². The molecule has 1 saturated carbocycles. The van der Waals surface area contributed by atoms with Crippen molar-refractivity contribution in [2.75, 3.05) is 13.2 Å². The molecule has 2 atom stereocenters. The first-order valence-corrected chi connectivity index (χ1v) is 7.33. The summed E-state index contributed by atoms with van der Waals surface area (Å²) in [5.74, 6) is 0.844. The topological polar surface area (TPSA) is 21.3 Å². The fraction of sp³-hybridized carbons (Fsp3) is 0.625. The average molecular weight is 245 g/mol. The van der Waals surface area contributed by atoms with Crippen LogP contribution in [-0.4, -0.2) is 19.3 Å². The van der Waals surface area contributed by atoms with Crippen LogP contribution in [0.5, 0.6) is 0 Å². The van der Waals surface area contributed by atoms with Crippen molar-refractivity contribution in [3.05, 3.63) is 35.9 Å². The molecule has 0 aromatic heterocycles. The van der Waals surface area contributed by atoms with E-state index in [0.717, 1.165) is 19.1 Å². The Bertz CT molecular complexity index is 355. The van der Waals surface area contributed by atoms with Gasteiger partial charge in [-0.2, -0.15) is 0 Å². The molecule has 2 aliphatic rings. The van der Waals surface area contributed by atoms with Crippen LogP contribution in [0.15, 0.2) is 30.3 Å². The van der Waals surface area contributed by atoms with Crippen LogP contribution in [0, 0.1) is 5.92 Å². The molecular weight excluding hydrogens is 222 g/mol. The Morgan fingerprint density at radius 2 is 1.94 bits per heavy atom. The third kappa shape index (κ3) is 3.12. The van der Waals surface area contributed by atoms with Gasteiger partial charge in [0, 0.05) is 19.2 Å². The molecule has 1 N–H and O–H groups in total. The highest BCUT2D eigenvalue weighted by atomic mass is 16.5. The lowest BCUT2D eigenvalue weighted by molar-refractivity contribution is 0.0149. The van der Waals surface area contributed by atoms with Crippen LogP contribution in [-0.2, 0) is 4.74 Å². The van der Waals surface area contributed by atoms with Crippen molar-refractivity contribution in [2.45, 2.75) is 44.2 Å². The van der Waals surface area contributed by atoms with Gasteiger partial charge >= 0.3 is 0 Å². The summed E-state index contributed by atoms with van der Waals surface area (Å²) in [4.78, 5) is 0. The standard InChI is InChI=1S/C16H23NO/c1-2-6-13(7-3-1)16(14-9-10-14)17-12-15-8-4-5-11-18-15/h1-3,6-7,14-17H,4-5,8-12H2/t15-,16+/m0/s1. The molecule has 1 aromatic rings. The van der Waals surface area contributed by atoms with Crippen LogP contribution < -0.4 is 5.32 Å². The van der Waals surface area contributed by atoms with Gasteiger partial charge in [0.05, 0.1) is 6.10 Å². The Morgan fingerprint density at radius 3 is 2.61 bits per heavy atom. The maximum atomic E-state index is 5.80. The second kappa shape index (κ2) is 5.85. The molecule has 0 bridgehead atoms. The number of nitrogens with one attached hydrogen (secondary N) is 1. The van der Waals surface area contributed by atoms with E-state index in [9.17, 15) is 0 Å². The summed E-state index contributed by atoms with van der Waals surface area (Å²) < 4.78 is 5.80. The second-order valence-corrected chi connectivity index (χ2v) is 5.62. The lowest BCUT2D eigenvalue weighted by Gasteiger charge is -2.26. The Hall–Kier alpha value is -0.860. The Labute approximate surface area is 110 Å². The molecule has 1 saturated heterocycles. The normalized spacial score (nSPS) is 25.9. The molecule has 98 valence electrons. The lowest BCUT2D eigenvalue weighted by Crippen LogP contribution is -2.34. The number of ether oxygens (including phenoxy) is 1. The van der Waals surface area contributed by atoms with Crippen molar-refractivity contribution in [1.82, 2.24) is 5.32 Å². The first-order valence-electron chi connectivity index (χ1n) is 7.33. The predicted molar refractivity (Wildman–Crippen MR) is 73.5 cm³/mol. The van der Waals surface area contributed by atoms with E-state index in [4.69, 9.17) is 4.74 Å². The van der Waals surface area contributed by atoms with Gasteiger partial charge in [-0.25, -0.2) is 0 Å². The van der Waals surface area contributed by atoms with E-state index in [2.05, 4.69) is 35.6 Å². The summed E-state index contributed by atoms with van der Waals surface area (Å²) in [6.45, 7) is 1.96. The van der Waals surface area contributed by atoms with E-state index in [1.54, 1.807) is 0 Å². The molecule has 3 rings (SSSR count). The van der Waals surface area contributed by atoms with Gasteiger partial charge in [0.2, 0.25) is 0 Å². The fourth-order valence-corrected chi connectivity index (χ4v) is 2.87. The molecular formula is C16H23NO. The fourth-order valence-electron chi connectivity index (χ4n) is 2.87. The second-order valence-electron chi connectivity index (χ2n) is 5.62. The molecule has 0 amide bonds. The van der Waals surface area contributed by atoms with Crippen LogP contribution in [0.1, 0.15) is 43.7 Å². The highest BCUT2D eigenvalue weighted by Crippen LogP contribution is 2.40. The molecule has 2 heteroatoms. The summed E-state index contributed by atoms with van der Waals surface area (Å²) in [5, 5.41) is 3.74. The number of hydrogen-bond acceptors (Lipinski definition) is 2. The molecule has 2 fully saturated rings. The summed E-state index contributed by atoms with van der Waals surface area (Å²) in [6.07, 6.45) is 6.96. The Balaban J connectivity index is 1.57. The monoisotopic (exact) mass is 245 g/mol. The van der Waals surface area contributed by atoms with Crippen LogP contribution >= 0.6 is 0 Å². The highest BCUT2D eigenvalue weighted by molar-refractivity contribution is 5.21. The van der Waals surface area contributed by atoms with Crippen molar-refractivity contribution in [1.29, 1.82) is 0 Å². The lowest BCUT2D eigenvalue weighted by atomic mass is 10.0. The molecule has 2 nitrogen and oxygen atoms in total. The summed E-state index contributed by atoms with van der Waals surface area (Å²) in [5.41, 5.74) is 1.44. The zero-order chi connectivity index (χ0) is 12.2. The van der Waals surface area contributed by atoms with Gasteiger partial charge < -0.3 is 10.1 Å². The van der Waals surface area contributed by atoms with Crippen LogP contribution in [0.3, 0.4) is 0 Å². The van der Waals surface area contributed by atoms with E-state index in [0.29, 0.717) is 12.1 Å². The number of rotatable bonds is 5. The zero-order valence-electron chi connectivity index (χ0n) is 11.0. The van der Waals surface area contributed by atoms with Gasteiger partial charge in [-0.15, -0.1) is 0 Å². The Morgan fingerprint density at radius 1 is 1.11 bits per heavy atom. The van der Waals surface area contributed by atoms with Gasteiger partial charge in [-0.1, -0.05) is 30.3 Å². The van der Waals surface area contributed by atoms with E-state index in [1.165, 1.54) is 37.7 Å². The largest absolute Gasteiger partial charge is 0.377 e. The summed E-state index contributed by atoms with van der Waals surface area (Å²) in [6, 6.07) is 11.4. The average Bonchev–Trinajstić information content (AvgIpc) is 3.26. The van der Waals surface area contributed by atoms with Crippen molar-refractivity contribution in [2.24, 2.45) is 5.92 Å². The first kappa shape index (κ1) is 12.2. The van der Waals surface area contributed by atoms with Crippen molar-refractivity contribution in [3.8, 4) is 0 Å². The molecule has 1 aliphatic carbocycles. The molecule has 0 spiro atoms. The van der Waals surface area contributed by atoms with E-state index >= 15 is 0 Å². The van der Waals surface area contributed by atoms with Gasteiger partial charge in [0.25, 0.3) is 0 Å². The quantitative estimate of drug-likeness (QED) is 0.859. The van der Waals surface area contributed by atoms with Crippen molar-refractivity contribution >= 4 is 0 Å². The first-order chi connectivity index (χ1) is 8.93. The minimum atomic E-state index is 0.434. The maximum Gasteiger partial charge on any atom is 0.0699 e. The molecule has 1 aliphatic heterocycles. The molecule has 1 heterocycles. The molecule has 0 radical (unpaired) electrons.